The van der Waals surface area contributed by atoms with Crippen molar-refractivity contribution in [1.29, 1.82) is 0 Å². The van der Waals surface area contributed by atoms with Gasteiger partial charge in [-0.2, -0.15) is 0 Å². The molecule has 0 aliphatic carbocycles. The Morgan fingerprint density at radius 2 is 0.362 bits per heavy atom. The Morgan fingerprint density at radius 1 is 0.219 bits per heavy atom. The first kappa shape index (κ1) is 101. The molecule has 21 heteroatoms. The summed E-state index contributed by atoms with van der Waals surface area (Å²) in [6.07, 6.45) is 24.2. The van der Waals surface area contributed by atoms with Crippen molar-refractivity contribution < 1.29 is 124 Å². The molecule has 0 radical (unpaired) electrons. The molecule has 0 atom stereocenters. The molecule has 20 nitrogen and oxygen atoms in total. The molecule has 4 aromatic carbocycles. The summed E-state index contributed by atoms with van der Waals surface area (Å²) in [6, 6.07) is 30.0. The third-order valence-corrected chi connectivity index (χ3v) is 17.0. The smallest absolute Gasteiger partial charge is 0.722 e. The van der Waals surface area contributed by atoms with E-state index in [-0.39, 0.29) is 79.1 Å². The van der Waals surface area contributed by atoms with Gasteiger partial charge in [0.2, 0.25) is 0 Å². The SMILES string of the molecule is CCCCOCC(COCCCC)(O[O-])c1cccc(OCCCC)c1.CCCCOCC(COCCCC)(O[O-])c1cccc(OCCCC)c1.CCCCOCC(COCCCC)(O[O-])c1cccc(OCCCC)c1.CCCCOCC(COCCCC)(O[O-])c1cccc(OCCCC)c1.[Zr+4]. The molecule has 0 unspecified atom stereocenters. The second kappa shape index (κ2) is 68.4. The summed E-state index contributed by atoms with van der Waals surface area (Å²) in [5, 5.41) is 47.0. The van der Waals surface area contributed by atoms with Gasteiger partial charge in [0.1, 0.15) is 45.4 Å². The molecular formula is C84H140O20Zr. The van der Waals surface area contributed by atoms with Gasteiger partial charge in [-0.3, -0.25) is 0 Å². The molecule has 0 aliphatic rings. The molecular weight excluding hydrogens is 1420 g/mol. The van der Waals surface area contributed by atoms with Crippen molar-refractivity contribution in [2.75, 3.05) is 132 Å². The summed E-state index contributed by atoms with van der Waals surface area (Å²) in [5.74, 6) is 2.94. The first-order valence-corrected chi connectivity index (χ1v) is 39.7. The molecule has 4 aromatic rings. The summed E-state index contributed by atoms with van der Waals surface area (Å²) in [6.45, 7) is 34.1. The second-order valence-electron chi connectivity index (χ2n) is 26.5. The van der Waals surface area contributed by atoms with E-state index in [4.69, 9.17) is 76.4 Å². The van der Waals surface area contributed by atoms with Gasteiger partial charge in [0.15, 0.2) is 0 Å². The van der Waals surface area contributed by atoms with Crippen LogP contribution in [-0.4, -0.2) is 132 Å². The minimum Gasteiger partial charge on any atom is -0.722 e. The van der Waals surface area contributed by atoms with E-state index in [9.17, 15) is 21.0 Å². The quantitative estimate of drug-likeness (QED) is 0.0227. The van der Waals surface area contributed by atoms with Gasteiger partial charge in [-0.25, -0.2) is 0 Å². The van der Waals surface area contributed by atoms with Gasteiger partial charge in [0.25, 0.3) is 0 Å². The molecule has 0 saturated carbocycles. The largest absolute Gasteiger partial charge is 4.00 e. The maximum atomic E-state index is 11.8. The molecule has 0 fully saturated rings. The van der Waals surface area contributed by atoms with E-state index in [2.05, 4.69) is 83.1 Å². The van der Waals surface area contributed by atoms with Gasteiger partial charge in [0.05, 0.1) is 79.3 Å². The van der Waals surface area contributed by atoms with Crippen molar-refractivity contribution in [2.45, 2.75) is 260 Å². The van der Waals surface area contributed by atoms with Crippen LogP contribution >= 0.6 is 0 Å². The molecule has 0 aromatic heterocycles. The molecule has 0 spiro atoms. The summed E-state index contributed by atoms with van der Waals surface area (Å²) in [4.78, 5) is 18.8. The molecule has 600 valence electrons. The number of unbranched alkanes of at least 4 members (excludes halogenated alkanes) is 12. The first-order chi connectivity index (χ1) is 50.9. The van der Waals surface area contributed by atoms with Crippen LogP contribution in [0.5, 0.6) is 23.0 Å². The van der Waals surface area contributed by atoms with Gasteiger partial charge in [-0.1, -0.05) is 209 Å². The summed E-state index contributed by atoms with van der Waals surface area (Å²) < 4.78 is 69.0. The zero-order valence-electron chi connectivity index (χ0n) is 67.0. The van der Waals surface area contributed by atoms with Crippen molar-refractivity contribution >= 4 is 0 Å². The van der Waals surface area contributed by atoms with Crippen LogP contribution in [-0.2, 0) is 106 Å². The van der Waals surface area contributed by atoms with Crippen LogP contribution in [0.3, 0.4) is 0 Å². The second-order valence-corrected chi connectivity index (χ2v) is 26.5. The summed E-state index contributed by atoms with van der Waals surface area (Å²) >= 11 is 0. The Labute approximate surface area is 653 Å². The van der Waals surface area contributed by atoms with E-state index in [1.54, 1.807) is 0 Å². The van der Waals surface area contributed by atoms with Gasteiger partial charge in [0, 0.05) is 52.9 Å². The number of rotatable bonds is 64. The van der Waals surface area contributed by atoms with E-state index >= 15 is 0 Å². The summed E-state index contributed by atoms with van der Waals surface area (Å²) in [7, 11) is 0. The third kappa shape index (κ3) is 44.1. The maximum Gasteiger partial charge on any atom is 4.00 e. The monoisotopic (exact) mass is 1560 g/mol. The molecule has 0 saturated heterocycles. The van der Waals surface area contributed by atoms with Crippen LogP contribution < -0.4 is 40.0 Å². The predicted octanol–water partition coefficient (Wildman–Crippen LogP) is 15.9. The molecule has 0 bridgehead atoms. The molecule has 105 heavy (non-hydrogen) atoms. The van der Waals surface area contributed by atoms with Crippen LogP contribution in [0.15, 0.2) is 97.1 Å². The Hall–Kier alpha value is -3.68. The molecule has 0 amide bonds. The van der Waals surface area contributed by atoms with Gasteiger partial charge in [-0.15, -0.1) is 0 Å². The zero-order valence-corrected chi connectivity index (χ0v) is 69.5. The van der Waals surface area contributed by atoms with E-state index in [1.807, 2.05) is 97.1 Å². The van der Waals surface area contributed by atoms with E-state index in [1.165, 1.54) is 0 Å². The van der Waals surface area contributed by atoms with Crippen molar-refractivity contribution in [3.63, 3.8) is 0 Å². The van der Waals surface area contributed by atoms with Crippen LogP contribution in [0.25, 0.3) is 0 Å². The normalized spacial score (nSPS) is 11.6. The van der Waals surface area contributed by atoms with Crippen molar-refractivity contribution in [1.82, 2.24) is 0 Å². The number of ether oxygens (including phenoxy) is 12. The Bertz CT molecular complexity index is 2160. The fourth-order valence-corrected chi connectivity index (χ4v) is 9.90. The average Bonchev–Trinajstić information content (AvgIpc) is 0.839. The van der Waals surface area contributed by atoms with Crippen LogP contribution in [0.1, 0.15) is 259 Å². The summed E-state index contributed by atoms with van der Waals surface area (Å²) in [5.41, 5.74) is -1.72. The van der Waals surface area contributed by atoms with Gasteiger partial charge < -0.3 is 97.4 Å². The maximum absolute atomic E-state index is 11.8. The topological polar surface area (TPSA) is 240 Å². The number of hydrogen-bond donors (Lipinski definition) is 0. The molecule has 0 heterocycles. The number of benzene rings is 4. The first-order valence-electron chi connectivity index (χ1n) is 39.7. The molecule has 0 aliphatic heterocycles. The van der Waals surface area contributed by atoms with E-state index in [0.29, 0.717) is 79.3 Å². The van der Waals surface area contributed by atoms with Crippen molar-refractivity contribution in [3.8, 4) is 23.0 Å². The fourth-order valence-electron chi connectivity index (χ4n) is 9.90. The fraction of sp³-hybridized carbons (Fsp3) is 0.714. The Morgan fingerprint density at radius 3 is 0.495 bits per heavy atom. The Balaban J connectivity index is 0.00000137. The molecule has 4 rings (SSSR count). The van der Waals surface area contributed by atoms with Crippen molar-refractivity contribution in [2.24, 2.45) is 0 Å². The number of hydrogen-bond acceptors (Lipinski definition) is 20. The van der Waals surface area contributed by atoms with Crippen LogP contribution in [0.2, 0.25) is 0 Å². The standard InChI is InChI=1S/4C21H36O5.Zr/c4*1-4-7-13-23-17-21(26-22,18-24-14-8-5-2)19-11-10-12-20(16-19)25-15-9-6-3;/h4*10-12,16,22H,4-9,13-15,17-18H2,1-3H3;/q;;;;+4/p-4. The van der Waals surface area contributed by atoms with Crippen LogP contribution in [0.4, 0.5) is 0 Å². The third-order valence-electron chi connectivity index (χ3n) is 17.0. The minimum absolute atomic E-state index is 0. The Kier molecular flexibility index (Phi) is 66.0. The van der Waals surface area contributed by atoms with Gasteiger partial charge >= 0.3 is 26.2 Å². The van der Waals surface area contributed by atoms with Crippen LogP contribution in [0, 0.1) is 0 Å². The average molecular weight is 1560 g/mol. The van der Waals surface area contributed by atoms with E-state index in [0.717, 1.165) is 199 Å². The zero-order chi connectivity index (χ0) is 76.4. The predicted molar refractivity (Wildman–Crippen MR) is 404 cm³/mol. The van der Waals surface area contributed by atoms with Crippen molar-refractivity contribution in [3.05, 3.63) is 119 Å². The molecule has 0 N–H and O–H groups in total. The minimum atomic E-state index is -1.16. The van der Waals surface area contributed by atoms with E-state index < -0.39 is 22.4 Å². The van der Waals surface area contributed by atoms with Gasteiger partial charge in [-0.05, 0) is 148 Å².